The highest BCUT2D eigenvalue weighted by Crippen LogP contribution is 2.21. The van der Waals surface area contributed by atoms with Crippen molar-refractivity contribution >= 4 is 5.91 Å². The molecule has 0 aliphatic carbocycles. The molecule has 1 rings (SSSR count). The van der Waals surface area contributed by atoms with Gasteiger partial charge in [0.2, 0.25) is 5.91 Å². The molecule has 1 unspecified atom stereocenters. The van der Waals surface area contributed by atoms with Gasteiger partial charge in [0.15, 0.2) is 0 Å². The zero-order valence-corrected chi connectivity index (χ0v) is 12.2. The summed E-state index contributed by atoms with van der Waals surface area (Å²) in [7, 11) is 0. The van der Waals surface area contributed by atoms with Crippen molar-refractivity contribution < 1.29 is 4.79 Å². The molecule has 1 amide bonds. The third-order valence-electron chi connectivity index (χ3n) is 3.16. The van der Waals surface area contributed by atoms with Crippen LogP contribution in [-0.2, 0) is 4.79 Å². The van der Waals surface area contributed by atoms with Crippen LogP contribution in [-0.4, -0.2) is 11.9 Å². The Morgan fingerprint density at radius 3 is 2.42 bits per heavy atom. The summed E-state index contributed by atoms with van der Waals surface area (Å²) in [5.74, 6) is 0.476. The van der Waals surface area contributed by atoms with Crippen LogP contribution >= 0.6 is 0 Å². The lowest BCUT2D eigenvalue weighted by Gasteiger charge is -2.23. The van der Waals surface area contributed by atoms with Crippen LogP contribution in [0, 0.1) is 5.92 Å². The summed E-state index contributed by atoms with van der Waals surface area (Å²) in [5, 5.41) is 3.09. The molecule has 3 nitrogen and oxygen atoms in total. The number of carbonyl (C=O) groups excluding carboxylic acids is 1. The quantitative estimate of drug-likeness (QED) is 0.793. The molecule has 0 radical (unpaired) electrons. The number of carbonyl (C=O) groups is 1. The van der Waals surface area contributed by atoms with E-state index in [9.17, 15) is 4.79 Å². The Kier molecular flexibility index (Phi) is 6.57. The predicted molar refractivity (Wildman–Crippen MR) is 79.7 cm³/mol. The van der Waals surface area contributed by atoms with Gasteiger partial charge in [-0.15, -0.1) is 0 Å². The fraction of sp³-hybridized carbons (Fsp3) is 0.562. The minimum absolute atomic E-state index is 0.0450. The first-order valence-corrected chi connectivity index (χ1v) is 7.15. The maximum absolute atomic E-state index is 12.1. The van der Waals surface area contributed by atoms with Crippen LogP contribution in [0.4, 0.5) is 0 Å². The van der Waals surface area contributed by atoms with Crippen LogP contribution in [0.1, 0.15) is 51.6 Å². The van der Waals surface area contributed by atoms with E-state index in [0.717, 1.165) is 24.8 Å². The van der Waals surface area contributed by atoms with Gasteiger partial charge in [-0.25, -0.2) is 0 Å². The fourth-order valence-corrected chi connectivity index (χ4v) is 2.16. The number of rotatable bonds is 7. The van der Waals surface area contributed by atoms with Crippen molar-refractivity contribution in [2.75, 3.05) is 0 Å². The first-order valence-electron chi connectivity index (χ1n) is 7.15. The molecule has 1 aromatic carbocycles. The summed E-state index contributed by atoms with van der Waals surface area (Å²) >= 11 is 0. The lowest BCUT2D eigenvalue weighted by atomic mass is 9.96. The molecule has 0 saturated heterocycles. The second-order valence-corrected chi connectivity index (χ2v) is 5.50. The van der Waals surface area contributed by atoms with Gasteiger partial charge >= 0.3 is 0 Å². The van der Waals surface area contributed by atoms with Crippen LogP contribution in [0.5, 0.6) is 0 Å². The van der Waals surface area contributed by atoms with Crippen molar-refractivity contribution in [1.82, 2.24) is 5.32 Å². The van der Waals surface area contributed by atoms with E-state index in [1.54, 1.807) is 0 Å². The second kappa shape index (κ2) is 7.95. The molecule has 19 heavy (non-hydrogen) atoms. The van der Waals surface area contributed by atoms with Gasteiger partial charge < -0.3 is 11.1 Å². The molecule has 106 valence electrons. The Morgan fingerprint density at radius 1 is 1.26 bits per heavy atom. The van der Waals surface area contributed by atoms with Crippen LogP contribution in [0.3, 0.4) is 0 Å². The minimum atomic E-state index is -0.400. The largest absolute Gasteiger partial charge is 0.348 e. The average molecular weight is 262 g/mol. The van der Waals surface area contributed by atoms with Crippen molar-refractivity contribution in [3.05, 3.63) is 35.9 Å². The monoisotopic (exact) mass is 262 g/mol. The van der Waals surface area contributed by atoms with Crippen LogP contribution in [0.2, 0.25) is 0 Å². The topological polar surface area (TPSA) is 55.1 Å². The maximum atomic E-state index is 12.1. The number of hydrogen-bond donors (Lipinski definition) is 2. The van der Waals surface area contributed by atoms with Gasteiger partial charge in [0.25, 0.3) is 0 Å². The second-order valence-electron chi connectivity index (χ2n) is 5.50. The predicted octanol–water partition coefficient (Wildman–Crippen LogP) is 3.02. The normalized spacial score (nSPS) is 14.2. The lowest BCUT2D eigenvalue weighted by Crippen LogP contribution is -2.42. The van der Waals surface area contributed by atoms with Gasteiger partial charge in [-0.1, -0.05) is 57.5 Å². The molecule has 2 atom stereocenters. The molecule has 0 heterocycles. The molecular weight excluding hydrogens is 236 g/mol. The maximum Gasteiger partial charge on any atom is 0.237 e. The van der Waals surface area contributed by atoms with Gasteiger partial charge in [0.05, 0.1) is 12.1 Å². The molecular formula is C16H26N2O. The summed E-state index contributed by atoms with van der Waals surface area (Å²) in [6, 6.07) is 9.75. The van der Waals surface area contributed by atoms with Crippen LogP contribution in [0.15, 0.2) is 30.3 Å². The van der Waals surface area contributed by atoms with E-state index in [2.05, 4.69) is 31.3 Å². The van der Waals surface area contributed by atoms with Crippen molar-refractivity contribution in [2.45, 2.75) is 52.1 Å². The van der Waals surface area contributed by atoms with Gasteiger partial charge in [-0.2, -0.15) is 0 Å². The summed E-state index contributed by atoms with van der Waals surface area (Å²) in [4.78, 5) is 12.1. The van der Waals surface area contributed by atoms with Crippen molar-refractivity contribution in [2.24, 2.45) is 11.7 Å². The summed E-state index contributed by atoms with van der Waals surface area (Å²) in [6.45, 7) is 6.36. The summed E-state index contributed by atoms with van der Waals surface area (Å²) in [6.07, 6.45) is 2.58. The Bertz CT molecular complexity index is 376. The standard InChI is InChI=1S/C16H26N2O/c1-4-8-14(17)16(19)18-15(11-12(2)3)13-9-6-5-7-10-13/h5-7,9-10,12,14-15H,4,8,11,17H2,1-3H3,(H,18,19)/t14-,15?/m0/s1. The average Bonchev–Trinajstić information content (AvgIpc) is 2.38. The summed E-state index contributed by atoms with van der Waals surface area (Å²) in [5.41, 5.74) is 7.02. The number of nitrogens with one attached hydrogen (secondary N) is 1. The molecule has 0 aliphatic heterocycles. The zero-order valence-electron chi connectivity index (χ0n) is 12.2. The lowest BCUT2D eigenvalue weighted by molar-refractivity contribution is -0.123. The Morgan fingerprint density at radius 2 is 1.89 bits per heavy atom. The molecule has 1 aromatic rings. The molecule has 3 heteroatoms. The molecule has 0 aliphatic rings. The first-order chi connectivity index (χ1) is 9.04. The minimum Gasteiger partial charge on any atom is -0.348 e. The van der Waals surface area contributed by atoms with E-state index >= 15 is 0 Å². The molecule has 0 fully saturated rings. The van der Waals surface area contributed by atoms with Crippen LogP contribution in [0.25, 0.3) is 0 Å². The van der Waals surface area contributed by atoms with Gasteiger partial charge in [0.1, 0.15) is 0 Å². The summed E-state index contributed by atoms with van der Waals surface area (Å²) < 4.78 is 0. The number of benzene rings is 1. The molecule has 0 spiro atoms. The van der Waals surface area contributed by atoms with Crippen molar-refractivity contribution in [3.8, 4) is 0 Å². The highest BCUT2D eigenvalue weighted by Gasteiger charge is 2.19. The number of hydrogen-bond acceptors (Lipinski definition) is 2. The number of nitrogens with two attached hydrogens (primary N) is 1. The van der Waals surface area contributed by atoms with E-state index in [1.807, 2.05) is 25.1 Å². The highest BCUT2D eigenvalue weighted by molar-refractivity contribution is 5.81. The van der Waals surface area contributed by atoms with E-state index in [1.165, 1.54) is 0 Å². The molecule has 0 saturated carbocycles. The first kappa shape index (κ1) is 15.7. The molecule has 0 bridgehead atoms. The van der Waals surface area contributed by atoms with Gasteiger partial charge in [0, 0.05) is 0 Å². The van der Waals surface area contributed by atoms with E-state index in [0.29, 0.717) is 5.92 Å². The third kappa shape index (κ3) is 5.43. The number of amides is 1. The highest BCUT2D eigenvalue weighted by atomic mass is 16.2. The van der Waals surface area contributed by atoms with Crippen molar-refractivity contribution in [3.63, 3.8) is 0 Å². The van der Waals surface area contributed by atoms with E-state index < -0.39 is 6.04 Å². The SMILES string of the molecule is CCC[C@H](N)C(=O)NC(CC(C)C)c1ccccc1. The van der Waals surface area contributed by atoms with Crippen LogP contribution < -0.4 is 11.1 Å². The third-order valence-corrected chi connectivity index (χ3v) is 3.16. The van der Waals surface area contributed by atoms with E-state index in [-0.39, 0.29) is 11.9 Å². The molecule has 3 N–H and O–H groups in total. The zero-order chi connectivity index (χ0) is 14.3. The molecule has 0 aromatic heterocycles. The van der Waals surface area contributed by atoms with Crippen molar-refractivity contribution in [1.29, 1.82) is 0 Å². The Hall–Kier alpha value is -1.35. The fourth-order valence-electron chi connectivity index (χ4n) is 2.16. The Labute approximate surface area is 116 Å². The van der Waals surface area contributed by atoms with Gasteiger partial charge in [-0.05, 0) is 24.3 Å². The smallest absolute Gasteiger partial charge is 0.237 e. The Balaban J connectivity index is 2.73. The van der Waals surface area contributed by atoms with Gasteiger partial charge in [-0.3, -0.25) is 4.79 Å². The van der Waals surface area contributed by atoms with E-state index in [4.69, 9.17) is 5.73 Å².